The Kier molecular flexibility index (Phi) is 8.87. The number of carbonyl (C=O) groups excluding carboxylic acids is 2. The molecule has 0 aromatic heterocycles. The van der Waals surface area contributed by atoms with Gasteiger partial charge in [-0.05, 0) is 65.7 Å². The van der Waals surface area contributed by atoms with Gasteiger partial charge in [0.15, 0.2) is 0 Å². The van der Waals surface area contributed by atoms with Gasteiger partial charge in [0.2, 0.25) is 5.91 Å². The Balaban J connectivity index is 1.28. The fourth-order valence-corrected chi connectivity index (χ4v) is 6.35. The number of ether oxygens (including phenoxy) is 4. The fraction of sp³-hybridized carbons (Fsp3) is 0.840. The Morgan fingerprint density at radius 2 is 1.81 bits per heavy atom. The molecule has 2 amide bonds. The number of methoxy groups -OCH3 is 1. The summed E-state index contributed by atoms with van der Waals surface area (Å²) in [5, 5.41) is 5.90. The SMILES string of the molecule is COC1C(OC(=O)NC2CCC(NC(=O)CNSF)CC2)CCC2(CO2)C1[C@]1(C)OC1CC=C(C)C. The van der Waals surface area contributed by atoms with E-state index in [9.17, 15) is 13.5 Å². The van der Waals surface area contributed by atoms with Crippen molar-refractivity contribution in [2.75, 3.05) is 20.3 Å². The standard InChI is InChI=1S/C25H40FN3O6S/c1-15(2)5-10-19-24(3,35-19)22-21(32-4)18(11-12-25(22)14-33-25)34-23(31)29-17-8-6-16(7-9-17)28-20(30)13-27-36-26/h5,16-19,21-22,27H,6-14H2,1-4H3,(H,28,30)(H,29,31)/t16?,17?,18?,19?,21?,22?,24-,25?/m1/s1. The third kappa shape index (κ3) is 6.35. The van der Waals surface area contributed by atoms with Crippen LogP contribution in [0, 0.1) is 5.92 Å². The number of rotatable bonds is 10. The van der Waals surface area contributed by atoms with Crippen LogP contribution in [0.4, 0.5) is 8.68 Å². The van der Waals surface area contributed by atoms with E-state index >= 15 is 0 Å². The monoisotopic (exact) mass is 529 g/mol. The molecule has 4 aliphatic rings. The molecule has 0 radical (unpaired) electrons. The maximum absolute atomic E-state index is 12.8. The van der Waals surface area contributed by atoms with Crippen molar-refractivity contribution in [2.24, 2.45) is 5.92 Å². The zero-order valence-corrected chi connectivity index (χ0v) is 22.5. The van der Waals surface area contributed by atoms with Gasteiger partial charge in [0.1, 0.15) is 35.7 Å². The molecule has 9 nitrogen and oxygen atoms in total. The van der Waals surface area contributed by atoms with Crippen molar-refractivity contribution >= 4 is 24.3 Å². The largest absolute Gasteiger partial charge is 0.443 e. The lowest BCUT2D eigenvalue weighted by Crippen LogP contribution is -2.56. The topological polar surface area (TPSA) is 114 Å². The summed E-state index contributed by atoms with van der Waals surface area (Å²) in [7, 11) is 1.67. The van der Waals surface area contributed by atoms with Crippen LogP contribution in [0.2, 0.25) is 0 Å². The summed E-state index contributed by atoms with van der Waals surface area (Å²) in [5.41, 5.74) is 0.634. The predicted molar refractivity (Wildman–Crippen MR) is 134 cm³/mol. The minimum absolute atomic E-state index is 0.0125. The van der Waals surface area contributed by atoms with Crippen LogP contribution in [0.3, 0.4) is 0 Å². The number of hydrogen-bond acceptors (Lipinski definition) is 8. The number of alkyl carbamates (subject to hydrolysis) is 1. The van der Waals surface area contributed by atoms with Crippen LogP contribution >= 0.6 is 12.3 Å². The zero-order chi connectivity index (χ0) is 25.9. The number of hydrogen-bond donors (Lipinski definition) is 3. The highest BCUT2D eigenvalue weighted by atomic mass is 32.2. The Morgan fingerprint density at radius 3 is 2.39 bits per heavy atom. The second kappa shape index (κ2) is 11.6. The van der Waals surface area contributed by atoms with Gasteiger partial charge in [0, 0.05) is 19.2 Å². The summed E-state index contributed by atoms with van der Waals surface area (Å²) in [5.74, 6) is -0.247. The highest BCUT2D eigenvalue weighted by Gasteiger charge is 2.72. The van der Waals surface area contributed by atoms with E-state index in [0.29, 0.717) is 13.0 Å². The van der Waals surface area contributed by atoms with Gasteiger partial charge in [-0.15, -0.1) is 3.89 Å². The molecule has 204 valence electrons. The molecular formula is C25H40FN3O6S. The van der Waals surface area contributed by atoms with E-state index in [1.807, 2.05) is 0 Å². The van der Waals surface area contributed by atoms with Crippen LogP contribution in [0.1, 0.15) is 65.7 Å². The lowest BCUT2D eigenvalue weighted by Gasteiger charge is -2.42. The number of allylic oxidation sites excluding steroid dienone is 1. The van der Waals surface area contributed by atoms with Crippen molar-refractivity contribution in [1.29, 1.82) is 0 Å². The van der Waals surface area contributed by atoms with Crippen molar-refractivity contribution in [3.8, 4) is 0 Å². The molecule has 11 heteroatoms. The second-order valence-corrected chi connectivity index (χ2v) is 11.4. The molecule has 2 heterocycles. The lowest BCUT2D eigenvalue weighted by molar-refractivity contribution is -0.120. The molecule has 36 heavy (non-hydrogen) atoms. The molecule has 0 aromatic rings. The molecule has 0 aromatic carbocycles. The average molecular weight is 530 g/mol. The zero-order valence-electron chi connectivity index (χ0n) is 21.6. The molecule has 2 aliphatic carbocycles. The molecule has 5 unspecified atom stereocenters. The Bertz CT molecular complexity index is 831. The third-order valence-electron chi connectivity index (χ3n) is 8.20. The Morgan fingerprint density at radius 1 is 1.14 bits per heavy atom. The van der Waals surface area contributed by atoms with Crippen LogP contribution < -0.4 is 15.4 Å². The van der Waals surface area contributed by atoms with E-state index in [1.165, 1.54) is 5.57 Å². The van der Waals surface area contributed by atoms with Crippen LogP contribution in [-0.4, -0.2) is 73.9 Å². The predicted octanol–water partition coefficient (Wildman–Crippen LogP) is 3.34. The third-order valence-corrected chi connectivity index (χ3v) is 8.45. The van der Waals surface area contributed by atoms with E-state index in [4.69, 9.17) is 18.9 Å². The van der Waals surface area contributed by atoms with Gasteiger partial charge in [-0.1, -0.05) is 11.6 Å². The summed E-state index contributed by atoms with van der Waals surface area (Å²) in [6, 6.07) is 0.0182. The fourth-order valence-electron chi connectivity index (χ4n) is 6.16. The maximum Gasteiger partial charge on any atom is 0.407 e. The number of carbonyl (C=O) groups is 2. The first-order valence-electron chi connectivity index (χ1n) is 13.0. The van der Waals surface area contributed by atoms with E-state index in [1.54, 1.807) is 7.11 Å². The molecule has 4 fully saturated rings. The lowest BCUT2D eigenvalue weighted by atomic mass is 9.68. The molecule has 2 saturated heterocycles. The molecule has 4 rings (SSSR count). The highest BCUT2D eigenvalue weighted by Crippen LogP contribution is 2.59. The summed E-state index contributed by atoms with van der Waals surface area (Å²) >= 11 is -0.0711. The van der Waals surface area contributed by atoms with E-state index < -0.39 is 6.09 Å². The molecule has 6 atom stereocenters. The number of epoxide rings is 2. The summed E-state index contributed by atoms with van der Waals surface area (Å²) in [6.07, 6.45) is 6.48. The van der Waals surface area contributed by atoms with Crippen LogP contribution in [0.5, 0.6) is 0 Å². The van der Waals surface area contributed by atoms with Gasteiger partial charge in [-0.2, -0.15) is 0 Å². The van der Waals surface area contributed by atoms with Gasteiger partial charge in [-0.3, -0.25) is 4.79 Å². The van der Waals surface area contributed by atoms with Gasteiger partial charge in [-0.25, -0.2) is 9.52 Å². The normalized spacial score (nSPS) is 39.2. The quantitative estimate of drug-likeness (QED) is 0.224. The first kappa shape index (κ1) is 27.6. The van der Waals surface area contributed by atoms with E-state index in [-0.39, 0.29) is 72.3 Å². The maximum atomic E-state index is 12.8. The molecule has 3 N–H and O–H groups in total. The van der Waals surface area contributed by atoms with Gasteiger partial charge < -0.3 is 29.6 Å². The van der Waals surface area contributed by atoms with E-state index in [0.717, 1.165) is 38.5 Å². The Labute approximate surface area is 217 Å². The smallest absolute Gasteiger partial charge is 0.407 e. The van der Waals surface area contributed by atoms with Crippen molar-refractivity contribution in [2.45, 2.75) is 107 Å². The molecule has 0 bridgehead atoms. The van der Waals surface area contributed by atoms with Crippen LogP contribution in [0.15, 0.2) is 11.6 Å². The summed E-state index contributed by atoms with van der Waals surface area (Å²) < 4.78 is 38.4. The molecule has 2 aliphatic heterocycles. The van der Waals surface area contributed by atoms with Crippen LogP contribution in [0.25, 0.3) is 0 Å². The van der Waals surface area contributed by atoms with Crippen molar-refractivity contribution in [3.63, 3.8) is 0 Å². The van der Waals surface area contributed by atoms with Crippen molar-refractivity contribution in [3.05, 3.63) is 11.6 Å². The minimum atomic E-state index is -0.437. The number of halogens is 1. The Hall–Kier alpha value is -1.40. The number of amides is 2. The van der Waals surface area contributed by atoms with Gasteiger partial charge in [0.05, 0.1) is 25.2 Å². The first-order chi connectivity index (χ1) is 17.2. The van der Waals surface area contributed by atoms with Crippen LogP contribution in [-0.2, 0) is 23.7 Å². The average Bonchev–Trinajstić information content (AvgIpc) is 3.75. The van der Waals surface area contributed by atoms with Gasteiger partial charge in [0.25, 0.3) is 0 Å². The minimum Gasteiger partial charge on any atom is -0.443 e. The summed E-state index contributed by atoms with van der Waals surface area (Å²) in [6.45, 7) is 6.91. The molecular weight excluding hydrogens is 489 g/mol. The molecule has 1 spiro atoms. The van der Waals surface area contributed by atoms with E-state index in [2.05, 4.69) is 42.2 Å². The number of nitrogens with one attached hydrogen (secondary N) is 3. The molecule has 2 saturated carbocycles. The second-order valence-electron chi connectivity index (χ2n) is 11.0. The first-order valence-corrected chi connectivity index (χ1v) is 13.7. The van der Waals surface area contributed by atoms with Crippen molar-refractivity contribution < 1.29 is 32.4 Å². The summed E-state index contributed by atoms with van der Waals surface area (Å²) in [4.78, 5) is 24.6. The van der Waals surface area contributed by atoms with Gasteiger partial charge >= 0.3 is 6.09 Å². The van der Waals surface area contributed by atoms with Crippen molar-refractivity contribution in [1.82, 2.24) is 15.4 Å². The highest BCUT2D eigenvalue weighted by molar-refractivity contribution is 7.92.